The molecule has 0 bridgehead atoms. The summed E-state index contributed by atoms with van der Waals surface area (Å²) in [6, 6.07) is 65.6. The van der Waals surface area contributed by atoms with Crippen LogP contribution in [0.5, 0.6) is 0 Å². The molecule has 1 saturated carbocycles. The van der Waals surface area contributed by atoms with Gasteiger partial charge in [-0.15, -0.1) is 0 Å². The van der Waals surface area contributed by atoms with Gasteiger partial charge in [0.2, 0.25) is 7.37 Å². The first-order chi connectivity index (χ1) is 38.6. The Balaban J connectivity index is 1.33. The van der Waals surface area contributed by atoms with E-state index in [1.807, 2.05) is 226 Å². The highest BCUT2D eigenvalue weighted by molar-refractivity contribution is 7.59. The van der Waals surface area contributed by atoms with E-state index < -0.39 is 59.6 Å². The quantitative estimate of drug-likeness (QED) is 0.0360. The molecule has 7 aromatic carbocycles. The van der Waals surface area contributed by atoms with Crippen LogP contribution in [0.2, 0.25) is 0 Å². The number of rotatable bonds is 33. The second kappa shape index (κ2) is 31.2. The molecule has 0 heterocycles. The summed E-state index contributed by atoms with van der Waals surface area (Å²) in [5, 5.41) is 0. The summed E-state index contributed by atoms with van der Waals surface area (Å²) in [6.45, 7) is 3.30. The van der Waals surface area contributed by atoms with Gasteiger partial charge >= 0.3 is 15.6 Å². The summed E-state index contributed by atoms with van der Waals surface area (Å²) in [4.78, 5) is 0. The predicted octanol–water partition coefficient (Wildman–Crippen LogP) is 15.9. The largest absolute Gasteiger partial charge is 0.475 e. The molecule has 0 aromatic heterocycles. The second-order valence-electron chi connectivity index (χ2n) is 19.4. The lowest BCUT2D eigenvalue weighted by molar-refractivity contribution is -0.252. The highest BCUT2D eigenvalue weighted by Gasteiger charge is 2.60. The van der Waals surface area contributed by atoms with Gasteiger partial charge in [0.1, 0.15) is 36.6 Å². The number of benzene rings is 7. The molecule has 0 amide bonds. The zero-order valence-corrected chi connectivity index (χ0v) is 47.7. The molecule has 79 heavy (non-hydrogen) atoms. The van der Waals surface area contributed by atoms with Crippen molar-refractivity contribution in [3.63, 3.8) is 0 Å². The molecular formula is C63H73O13P3. The normalized spacial score (nSPS) is 18.8. The lowest BCUT2D eigenvalue weighted by atomic mass is 9.84. The first-order valence-electron chi connectivity index (χ1n) is 27.2. The zero-order chi connectivity index (χ0) is 55.0. The van der Waals surface area contributed by atoms with E-state index in [0.29, 0.717) is 35.1 Å². The summed E-state index contributed by atoms with van der Waals surface area (Å²) in [7, 11) is -13.2. The Morgan fingerprint density at radius 1 is 0.291 bits per heavy atom. The third-order valence-electron chi connectivity index (χ3n) is 13.2. The van der Waals surface area contributed by atoms with Crippen LogP contribution in [-0.2, 0) is 106 Å². The Hall–Kier alpha value is -5.17. The molecule has 1 aliphatic carbocycles. The van der Waals surface area contributed by atoms with Crippen LogP contribution in [0.4, 0.5) is 0 Å². The van der Waals surface area contributed by atoms with Gasteiger partial charge in [0.25, 0.3) is 0 Å². The van der Waals surface area contributed by atoms with Gasteiger partial charge in [-0.25, -0.2) is 9.13 Å². The van der Waals surface area contributed by atoms with Gasteiger partial charge in [-0.05, 0) is 51.8 Å². The molecule has 16 heteroatoms. The second-order valence-corrected chi connectivity index (χ2v) is 25.4. The van der Waals surface area contributed by atoms with Crippen molar-refractivity contribution in [2.75, 3.05) is 12.3 Å². The van der Waals surface area contributed by atoms with E-state index in [1.54, 1.807) is 0 Å². The Bertz CT molecular complexity index is 2840. The molecule has 0 spiro atoms. The van der Waals surface area contributed by atoms with E-state index in [0.717, 1.165) is 29.5 Å². The zero-order valence-electron chi connectivity index (χ0n) is 45.0. The summed E-state index contributed by atoms with van der Waals surface area (Å²) in [6.07, 6.45) is -5.29. The van der Waals surface area contributed by atoms with Gasteiger partial charge in [-0.3, -0.25) is 31.7 Å². The number of phosphoric acid groups is 2. The number of hydrogen-bond acceptors (Lipinski definition) is 13. The van der Waals surface area contributed by atoms with Crippen LogP contribution in [0.25, 0.3) is 0 Å². The van der Waals surface area contributed by atoms with Gasteiger partial charge in [-0.1, -0.05) is 239 Å². The SMILES string of the molecule is CCCCP(=O)(CCCC)O[C@@H]1[C@@H](OCc2ccccc2)[C@@H](OCc2ccccc2)[C@@H](OP(=O)(OCc2ccccc2)OCc2ccccc2)[C@H](OCc2ccccc2)[C@H]1OP(=O)(OCc1ccccc1)OCc1ccccc1. The molecule has 418 valence electrons. The standard InChI is InChI=1S/C63H73O13P3/c1-3-5-42-77(64,43-6-4-2)74-62-59(68-45-52-30-16-8-17-31-52)58(67-44-51-28-14-7-15-29-51)61(75-78(65,70-47-54-34-20-10-21-35-54)71-48-55-36-22-11-23-37-55)60(69-46-53-32-18-9-19-33-53)63(62)76-79(66,72-49-56-38-24-12-25-39-56)73-50-57-40-26-13-27-41-57/h7-41,58-63H,3-6,42-50H2,1-2H3/t58-,59+,60+,61-,62-,63-/m1/s1. The predicted molar refractivity (Wildman–Crippen MR) is 307 cm³/mol. The lowest BCUT2D eigenvalue weighted by Gasteiger charge is -2.50. The Morgan fingerprint density at radius 3 is 0.759 bits per heavy atom. The number of ether oxygens (including phenoxy) is 3. The first kappa shape index (κ1) is 59.9. The van der Waals surface area contributed by atoms with Gasteiger partial charge in [0.15, 0.2) is 0 Å². The van der Waals surface area contributed by atoms with Crippen molar-refractivity contribution in [3.05, 3.63) is 251 Å². The monoisotopic (exact) mass is 1130 g/mol. The first-order valence-corrected chi connectivity index (χ1v) is 32.1. The fourth-order valence-electron chi connectivity index (χ4n) is 8.99. The minimum Gasteiger partial charge on any atom is -0.368 e. The van der Waals surface area contributed by atoms with E-state index in [2.05, 4.69) is 0 Å². The fraction of sp³-hybridized carbons (Fsp3) is 0.333. The molecule has 0 aliphatic heterocycles. The van der Waals surface area contributed by atoms with Gasteiger partial charge in [0, 0.05) is 12.3 Å². The van der Waals surface area contributed by atoms with Crippen LogP contribution in [0.1, 0.15) is 78.5 Å². The van der Waals surface area contributed by atoms with Crippen molar-refractivity contribution < 1.29 is 59.6 Å². The molecule has 0 saturated heterocycles. The van der Waals surface area contributed by atoms with Gasteiger partial charge < -0.3 is 18.7 Å². The molecule has 1 aliphatic rings. The number of phosphoric ester groups is 2. The van der Waals surface area contributed by atoms with Crippen molar-refractivity contribution in [2.45, 2.75) is 122 Å². The average molecular weight is 1130 g/mol. The third kappa shape index (κ3) is 19.0. The lowest BCUT2D eigenvalue weighted by Crippen LogP contribution is -2.67. The van der Waals surface area contributed by atoms with Crippen LogP contribution in [0.3, 0.4) is 0 Å². The third-order valence-corrected chi connectivity index (χ3v) is 18.7. The molecule has 6 atom stereocenters. The van der Waals surface area contributed by atoms with Crippen molar-refractivity contribution >= 4 is 23.0 Å². The molecule has 13 nitrogen and oxygen atoms in total. The van der Waals surface area contributed by atoms with Gasteiger partial charge in [0.05, 0.1) is 46.2 Å². The minimum atomic E-state index is -4.80. The smallest absolute Gasteiger partial charge is 0.368 e. The van der Waals surface area contributed by atoms with Crippen molar-refractivity contribution in [3.8, 4) is 0 Å². The average Bonchev–Trinajstić information content (AvgIpc) is 3.60. The van der Waals surface area contributed by atoms with Crippen LogP contribution in [-0.4, -0.2) is 48.9 Å². The summed E-state index contributed by atoms with van der Waals surface area (Å²) in [5.74, 6) is 0. The van der Waals surface area contributed by atoms with Crippen LogP contribution >= 0.6 is 23.0 Å². The van der Waals surface area contributed by atoms with E-state index in [4.69, 9.17) is 45.9 Å². The van der Waals surface area contributed by atoms with E-state index in [-0.39, 0.29) is 58.6 Å². The highest BCUT2D eigenvalue weighted by atomic mass is 31.2. The topological polar surface area (TPSA) is 144 Å². The van der Waals surface area contributed by atoms with Crippen LogP contribution < -0.4 is 0 Å². The molecule has 7 aromatic rings. The van der Waals surface area contributed by atoms with E-state index >= 15 is 13.7 Å². The Kier molecular flexibility index (Phi) is 23.6. The van der Waals surface area contributed by atoms with Crippen molar-refractivity contribution in [2.24, 2.45) is 0 Å². The maximum atomic E-state index is 16.0. The maximum absolute atomic E-state index is 16.0. The molecule has 0 radical (unpaired) electrons. The molecule has 8 rings (SSSR count). The summed E-state index contributed by atoms with van der Waals surface area (Å²) >= 11 is 0. The van der Waals surface area contributed by atoms with Crippen LogP contribution in [0, 0.1) is 0 Å². The Labute approximate surface area is 466 Å². The van der Waals surface area contributed by atoms with E-state index in [9.17, 15) is 0 Å². The van der Waals surface area contributed by atoms with Gasteiger partial charge in [-0.2, -0.15) is 0 Å². The van der Waals surface area contributed by atoms with Crippen LogP contribution in [0.15, 0.2) is 212 Å². The summed E-state index contributed by atoms with van der Waals surface area (Å²) in [5.41, 5.74) is 5.14. The van der Waals surface area contributed by atoms with E-state index in [1.165, 1.54) is 0 Å². The maximum Gasteiger partial charge on any atom is 0.475 e. The van der Waals surface area contributed by atoms with Crippen molar-refractivity contribution in [1.82, 2.24) is 0 Å². The molecule has 0 unspecified atom stereocenters. The minimum absolute atomic E-state index is 0.000878. The number of unbranched alkanes of at least 4 members (excludes halogenated alkanes) is 2. The fourth-order valence-corrected chi connectivity index (χ4v) is 14.4. The molecular weight excluding hydrogens is 1060 g/mol. The Morgan fingerprint density at radius 2 is 0.506 bits per heavy atom. The van der Waals surface area contributed by atoms with Crippen molar-refractivity contribution in [1.29, 1.82) is 0 Å². The molecule has 0 N–H and O–H groups in total. The summed E-state index contributed by atoms with van der Waals surface area (Å²) < 4.78 is 116. The highest BCUT2D eigenvalue weighted by Crippen LogP contribution is 2.60. The number of hydrogen-bond donors (Lipinski definition) is 0. The molecule has 1 fully saturated rings.